The van der Waals surface area contributed by atoms with Crippen LogP contribution in [0.5, 0.6) is 5.75 Å². The number of ether oxygens (including phenoxy) is 2. The van der Waals surface area contributed by atoms with Crippen LogP contribution in [0.4, 0.5) is 5.69 Å². The molecule has 1 aliphatic heterocycles. The Kier molecular flexibility index (Phi) is 7.30. The first-order valence-electron chi connectivity index (χ1n) is 14.1. The summed E-state index contributed by atoms with van der Waals surface area (Å²) in [5, 5.41) is 2.67. The van der Waals surface area contributed by atoms with Crippen LogP contribution >= 0.6 is 0 Å². The van der Waals surface area contributed by atoms with Crippen molar-refractivity contribution in [3.05, 3.63) is 95.1 Å². The first-order valence-corrected chi connectivity index (χ1v) is 14.1. The number of carbonyl (C=O) groups excluding carboxylic acids is 4. The van der Waals surface area contributed by atoms with Crippen LogP contribution in [0, 0.1) is 11.8 Å². The summed E-state index contributed by atoms with van der Waals surface area (Å²) >= 11 is 0. The summed E-state index contributed by atoms with van der Waals surface area (Å²) in [6.07, 6.45) is 1.97. The topological polar surface area (TPSA) is 102 Å². The lowest BCUT2D eigenvalue weighted by molar-refractivity contribution is -0.147. The monoisotopic (exact) mass is 552 g/mol. The van der Waals surface area contributed by atoms with E-state index in [1.165, 1.54) is 12.0 Å². The van der Waals surface area contributed by atoms with Gasteiger partial charge < -0.3 is 14.8 Å². The molecule has 0 aromatic heterocycles. The number of carbonyl (C=O) groups is 4. The van der Waals surface area contributed by atoms with Crippen LogP contribution in [0.1, 0.15) is 59.8 Å². The number of methoxy groups -OCH3 is 1. The largest absolute Gasteiger partial charge is 0.497 e. The van der Waals surface area contributed by atoms with Gasteiger partial charge in [0.1, 0.15) is 5.75 Å². The molecule has 1 saturated heterocycles. The molecule has 3 aliphatic carbocycles. The van der Waals surface area contributed by atoms with Crippen molar-refractivity contribution >= 4 is 29.4 Å². The molecule has 3 aromatic carbocycles. The molecular formula is C33H32N2O6. The molecule has 8 heteroatoms. The Morgan fingerprint density at radius 3 is 1.93 bits per heavy atom. The molecule has 0 radical (unpaired) electrons. The number of anilines is 1. The Labute approximate surface area is 238 Å². The lowest BCUT2D eigenvalue weighted by atomic mass is 9.55. The van der Waals surface area contributed by atoms with Crippen molar-refractivity contribution in [3.63, 3.8) is 0 Å². The molecule has 0 saturated carbocycles. The van der Waals surface area contributed by atoms with Gasteiger partial charge in [-0.2, -0.15) is 0 Å². The van der Waals surface area contributed by atoms with Gasteiger partial charge in [0.2, 0.25) is 11.8 Å². The van der Waals surface area contributed by atoms with Crippen molar-refractivity contribution in [1.29, 1.82) is 0 Å². The van der Waals surface area contributed by atoms with Crippen LogP contribution in [0.15, 0.2) is 72.8 Å². The standard InChI is InChI=1S/C33H32N2O6/c1-40-21-11-9-10-20(18-21)34-26(36)19-41-27(37)16-3-2-8-17-35-32(38)30-28-22-12-4-5-13-23(22)29(31(30)33(35)39)25-15-7-6-14-24(25)28/h4-7,9-15,18,28-31H,2-3,8,16-17,19H2,1H3,(H,34,36)/t28?,29?,30-,31+. The average molecular weight is 553 g/mol. The normalized spacial score (nSPS) is 21.6. The van der Waals surface area contributed by atoms with E-state index in [0.29, 0.717) is 37.2 Å². The first kappa shape index (κ1) is 26.7. The highest BCUT2D eigenvalue weighted by Gasteiger charge is 2.61. The molecule has 210 valence electrons. The molecule has 4 aliphatic rings. The molecule has 2 atom stereocenters. The maximum Gasteiger partial charge on any atom is 0.306 e. The predicted molar refractivity (Wildman–Crippen MR) is 151 cm³/mol. The molecule has 2 bridgehead atoms. The zero-order valence-corrected chi connectivity index (χ0v) is 22.9. The third kappa shape index (κ3) is 4.88. The molecule has 7 rings (SSSR count). The van der Waals surface area contributed by atoms with Crippen molar-refractivity contribution in [1.82, 2.24) is 4.90 Å². The highest BCUT2D eigenvalue weighted by molar-refractivity contribution is 6.07. The fraction of sp³-hybridized carbons (Fsp3) is 0.333. The van der Waals surface area contributed by atoms with E-state index in [-0.39, 0.29) is 48.5 Å². The SMILES string of the molecule is COc1cccc(NC(=O)COC(=O)CCCCCN2C(=O)[C@@H]3C4c5ccccc5C(c5ccccc54)[C@@H]3C2=O)c1. The van der Waals surface area contributed by atoms with Gasteiger partial charge in [-0.15, -0.1) is 0 Å². The van der Waals surface area contributed by atoms with E-state index in [1.807, 2.05) is 24.3 Å². The molecule has 8 nitrogen and oxygen atoms in total. The Balaban J connectivity index is 0.991. The zero-order valence-electron chi connectivity index (χ0n) is 22.9. The first-order chi connectivity index (χ1) is 20.0. The van der Waals surface area contributed by atoms with Crippen LogP contribution in [-0.2, 0) is 23.9 Å². The van der Waals surface area contributed by atoms with Gasteiger partial charge >= 0.3 is 5.97 Å². The van der Waals surface area contributed by atoms with Crippen LogP contribution in [0.2, 0.25) is 0 Å². The number of unbranched alkanes of at least 4 members (excludes halogenated alkanes) is 2. The number of esters is 1. The van der Waals surface area contributed by atoms with Crippen LogP contribution < -0.4 is 10.1 Å². The van der Waals surface area contributed by atoms with Crippen LogP contribution in [0.25, 0.3) is 0 Å². The van der Waals surface area contributed by atoms with Gasteiger partial charge in [0.05, 0.1) is 18.9 Å². The Hall–Kier alpha value is -4.46. The zero-order chi connectivity index (χ0) is 28.5. The average Bonchev–Trinajstić information content (AvgIpc) is 3.25. The number of hydrogen-bond acceptors (Lipinski definition) is 6. The molecule has 1 fully saturated rings. The number of amides is 3. The third-order valence-corrected chi connectivity index (χ3v) is 8.52. The number of nitrogens with one attached hydrogen (secondary N) is 1. The third-order valence-electron chi connectivity index (χ3n) is 8.52. The Morgan fingerprint density at radius 1 is 0.780 bits per heavy atom. The highest BCUT2D eigenvalue weighted by atomic mass is 16.5. The minimum absolute atomic E-state index is 0.0829. The van der Waals surface area contributed by atoms with Crippen molar-refractivity contribution in [2.45, 2.75) is 37.5 Å². The van der Waals surface area contributed by atoms with Gasteiger partial charge in [-0.05, 0) is 47.2 Å². The number of likely N-dealkylation sites (tertiary alicyclic amines) is 1. The summed E-state index contributed by atoms with van der Waals surface area (Å²) < 4.78 is 10.2. The molecule has 41 heavy (non-hydrogen) atoms. The molecule has 0 unspecified atom stereocenters. The molecule has 1 N–H and O–H groups in total. The summed E-state index contributed by atoms with van der Waals surface area (Å²) in [6.45, 7) is -0.0303. The molecule has 3 amide bonds. The predicted octanol–water partition coefficient (Wildman–Crippen LogP) is 4.63. The quantitative estimate of drug-likeness (QED) is 0.224. The minimum atomic E-state index is -0.461. The minimum Gasteiger partial charge on any atom is -0.497 e. The summed E-state index contributed by atoms with van der Waals surface area (Å²) in [5.74, 6) is -1.38. The van der Waals surface area contributed by atoms with Crippen LogP contribution in [0.3, 0.4) is 0 Å². The molecule has 3 aromatic rings. The smallest absolute Gasteiger partial charge is 0.306 e. The van der Waals surface area contributed by atoms with Crippen molar-refractivity contribution in [2.75, 3.05) is 25.6 Å². The second-order valence-electron chi connectivity index (χ2n) is 10.8. The molecule has 1 heterocycles. The van der Waals surface area contributed by atoms with Gasteiger partial charge in [-0.25, -0.2) is 0 Å². The second-order valence-corrected chi connectivity index (χ2v) is 10.8. The summed E-state index contributed by atoms with van der Waals surface area (Å²) in [4.78, 5) is 53.0. The maximum absolute atomic E-state index is 13.6. The highest BCUT2D eigenvalue weighted by Crippen LogP contribution is 2.60. The Morgan fingerprint density at radius 2 is 1.37 bits per heavy atom. The molecule has 0 spiro atoms. The van der Waals surface area contributed by atoms with Gasteiger partial charge in [-0.1, -0.05) is 61.0 Å². The summed E-state index contributed by atoms with van der Waals surface area (Å²) in [5.41, 5.74) is 5.21. The number of benzene rings is 3. The lowest BCUT2D eigenvalue weighted by Gasteiger charge is -2.45. The van der Waals surface area contributed by atoms with Crippen molar-refractivity contribution < 1.29 is 28.7 Å². The van der Waals surface area contributed by atoms with E-state index in [0.717, 1.165) is 22.3 Å². The van der Waals surface area contributed by atoms with E-state index >= 15 is 0 Å². The number of rotatable bonds is 10. The second kappa shape index (κ2) is 11.2. The van der Waals surface area contributed by atoms with Gasteiger partial charge in [0.25, 0.3) is 5.91 Å². The molecular weight excluding hydrogens is 520 g/mol. The summed E-state index contributed by atoms with van der Waals surface area (Å²) in [6, 6.07) is 23.3. The van der Waals surface area contributed by atoms with E-state index in [9.17, 15) is 19.2 Å². The maximum atomic E-state index is 13.6. The van der Waals surface area contributed by atoms with E-state index in [1.54, 1.807) is 24.3 Å². The number of nitrogens with zero attached hydrogens (tertiary/aromatic N) is 1. The van der Waals surface area contributed by atoms with E-state index < -0.39 is 11.9 Å². The lowest BCUT2D eigenvalue weighted by Crippen LogP contribution is -2.41. The fourth-order valence-corrected chi connectivity index (χ4v) is 6.79. The van der Waals surface area contributed by atoms with Gasteiger partial charge in [0.15, 0.2) is 6.61 Å². The van der Waals surface area contributed by atoms with Crippen molar-refractivity contribution in [3.8, 4) is 5.75 Å². The van der Waals surface area contributed by atoms with E-state index in [2.05, 4.69) is 29.6 Å². The van der Waals surface area contributed by atoms with Crippen molar-refractivity contribution in [2.24, 2.45) is 11.8 Å². The number of hydrogen-bond donors (Lipinski definition) is 1. The van der Waals surface area contributed by atoms with Gasteiger partial charge in [0, 0.05) is 36.6 Å². The summed E-state index contributed by atoms with van der Waals surface area (Å²) in [7, 11) is 1.54. The number of imide groups is 1. The Bertz CT molecular complexity index is 1400. The van der Waals surface area contributed by atoms with E-state index in [4.69, 9.17) is 9.47 Å². The fourth-order valence-electron chi connectivity index (χ4n) is 6.79. The van der Waals surface area contributed by atoms with Gasteiger partial charge in [-0.3, -0.25) is 24.1 Å². The van der Waals surface area contributed by atoms with Crippen LogP contribution in [-0.4, -0.2) is 48.9 Å².